The molecule has 4 radical (unpaired) electrons. The largest absolute Gasteiger partial charge is 0.358 e. The molecule has 0 aliphatic rings. The predicted molar refractivity (Wildman–Crippen MR) is 50.4 cm³/mol. The summed E-state index contributed by atoms with van der Waals surface area (Å²) in [5, 5.41) is 0. The molecular formula is C11H16Y4-2. The van der Waals surface area contributed by atoms with E-state index in [9.17, 15) is 0 Å². The molecule has 1 aromatic carbocycles. The van der Waals surface area contributed by atoms with Crippen molar-refractivity contribution in [2.45, 2.75) is 26.7 Å². The second kappa shape index (κ2) is 20.0. The van der Waals surface area contributed by atoms with Crippen molar-refractivity contribution in [2.75, 3.05) is 0 Å². The molecule has 1 aromatic rings. The Balaban J connectivity index is -0.0000000667. The van der Waals surface area contributed by atoms with Gasteiger partial charge in [0.15, 0.2) is 0 Å². The van der Waals surface area contributed by atoms with Gasteiger partial charge in [-0.1, -0.05) is 26.7 Å². The molecule has 0 nitrogen and oxygen atoms in total. The van der Waals surface area contributed by atoms with Crippen molar-refractivity contribution in [3.05, 3.63) is 42.8 Å². The second-order valence-corrected chi connectivity index (χ2v) is 2.43. The first kappa shape index (κ1) is 31.2. The van der Waals surface area contributed by atoms with E-state index in [0.29, 0.717) is 0 Å². The van der Waals surface area contributed by atoms with Gasteiger partial charge in [0.1, 0.15) is 0 Å². The van der Waals surface area contributed by atoms with Crippen LogP contribution in [-0.2, 0) is 144 Å². The molecule has 0 aromatic heterocycles. The Hall–Kier alpha value is 3.64. The van der Waals surface area contributed by atoms with Gasteiger partial charge in [0.25, 0.3) is 0 Å². The van der Waals surface area contributed by atoms with Crippen molar-refractivity contribution in [3.63, 3.8) is 0 Å². The van der Waals surface area contributed by atoms with Crippen molar-refractivity contribution in [1.82, 2.24) is 0 Å². The maximum Gasteiger partial charge on any atom is 0 e. The predicted octanol–water partition coefficient (Wildman–Crippen LogP) is 3.05. The maximum absolute atomic E-state index is 3.19. The van der Waals surface area contributed by atoms with Gasteiger partial charge in [0, 0.05) is 131 Å². The fraction of sp³-hybridized carbons (Fsp3) is 0.364. The summed E-state index contributed by atoms with van der Waals surface area (Å²) in [4.78, 5) is 0. The number of rotatable bonds is 2. The molecule has 0 bridgehead atoms. The first-order valence-electron chi connectivity index (χ1n) is 3.86. The van der Waals surface area contributed by atoms with Gasteiger partial charge in [-0.15, -0.1) is 0 Å². The van der Waals surface area contributed by atoms with Crippen molar-refractivity contribution >= 4 is 0 Å². The molecule has 4 heteroatoms. The summed E-state index contributed by atoms with van der Waals surface area (Å²) in [6, 6.07) is 9.55. The molecule has 0 saturated carbocycles. The van der Waals surface area contributed by atoms with Crippen LogP contribution in [0.3, 0.4) is 0 Å². The van der Waals surface area contributed by atoms with Crippen molar-refractivity contribution in [1.29, 1.82) is 0 Å². The Labute approximate surface area is 196 Å². The van der Waals surface area contributed by atoms with E-state index in [-0.39, 0.29) is 138 Å². The van der Waals surface area contributed by atoms with E-state index in [1.54, 1.807) is 0 Å². The maximum atomic E-state index is 3.19. The van der Waals surface area contributed by atoms with E-state index >= 15 is 0 Å². The zero-order chi connectivity index (χ0) is 7.40. The SMILES string of the molecule is CCc1[c-]ccc(CC)c1.[CH3-].[Y].[Y].[Y].[Y]. The summed E-state index contributed by atoms with van der Waals surface area (Å²) in [5.74, 6) is 0. The average molecular weight is 504 g/mol. The van der Waals surface area contributed by atoms with Crippen LogP contribution in [0.2, 0.25) is 0 Å². The normalized spacial score (nSPS) is 6.53. The molecule has 0 aliphatic heterocycles. The third-order valence-corrected chi connectivity index (χ3v) is 1.71. The summed E-state index contributed by atoms with van der Waals surface area (Å²) in [5.41, 5.74) is 2.73. The monoisotopic (exact) mass is 504 g/mol. The Morgan fingerprint density at radius 1 is 1.00 bits per heavy atom. The van der Waals surface area contributed by atoms with Crippen LogP contribution < -0.4 is 0 Å². The van der Waals surface area contributed by atoms with Crippen LogP contribution in [0.4, 0.5) is 0 Å². The minimum absolute atomic E-state index is 0. The molecule has 0 spiro atoms. The molecule has 0 saturated heterocycles. The molecular weight excluding hydrogens is 488 g/mol. The van der Waals surface area contributed by atoms with Crippen LogP contribution in [0.25, 0.3) is 0 Å². The number of hydrogen-bond acceptors (Lipinski definition) is 0. The quantitative estimate of drug-likeness (QED) is 0.544. The summed E-state index contributed by atoms with van der Waals surface area (Å²) < 4.78 is 0. The summed E-state index contributed by atoms with van der Waals surface area (Å²) in [6.45, 7) is 4.33. The van der Waals surface area contributed by atoms with E-state index in [1.165, 1.54) is 11.1 Å². The average Bonchev–Trinajstić information content (AvgIpc) is 2.05. The van der Waals surface area contributed by atoms with Crippen LogP contribution in [0.5, 0.6) is 0 Å². The molecule has 0 N–H and O–H groups in total. The van der Waals surface area contributed by atoms with E-state index in [4.69, 9.17) is 0 Å². The number of benzene rings is 1. The molecule has 0 unspecified atom stereocenters. The van der Waals surface area contributed by atoms with Crippen molar-refractivity contribution in [3.8, 4) is 0 Å². The van der Waals surface area contributed by atoms with Gasteiger partial charge in [-0.25, -0.2) is 0 Å². The third kappa shape index (κ3) is 13.9. The van der Waals surface area contributed by atoms with Gasteiger partial charge in [-0.3, -0.25) is 0 Å². The molecule has 0 heterocycles. The van der Waals surface area contributed by atoms with Crippen molar-refractivity contribution < 1.29 is 131 Å². The number of aryl methyl sites for hydroxylation is 2. The summed E-state index contributed by atoms with van der Waals surface area (Å²) in [6.07, 6.45) is 2.22. The first-order chi connectivity index (χ1) is 4.86. The molecule has 0 amide bonds. The van der Waals surface area contributed by atoms with Gasteiger partial charge >= 0.3 is 0 Å². The van der Waals surface area contributed by atoms with Gasteiger partial charge in [0.2, 0.25) is 0 Å². The summed E-state index contributed by atoms with van der Waals surface area (Å²) >= 11 is 0. The van der Waals surface area contributed by atoms with Gasteiger partial charge < -0.3 is 7.43 Å². The topological polar surface area (TPSA) is 0 Å². The molecule has 0 atom stereocenters. The second-order valence-electron chi connectivity index (χ2n) is 2.43. The van der Waals surface area contributed by atoms with Crippen LogP contribution in [0.1, 0.15) is 25.0 Å². The van der Waals surface area contributed by atoms with Crippen LogP contribution in [0, 0.1) is 13.5 Å². The summed E-state index contributed by atoms with van der Waals surface area (Å²) in [7, 11) is 0. The fourth-order valence-corrected chi connectivity index (χ4v) is 0.993. The fourth-order valence-electron chi connectivity index (χ4n) is 0.993. The van der Waals surface area contributed by atoms with Gasteiger partial charge in [-0.05, 0) is 0 Å². The minimum atomic E-state index is 0. The molecule has 1 rings (SSSR count). The molecule has 74 valence electrons. The molecule has 0 fully saturated rings. The van der Waals surface area contributed by atoms with E-state index in [2.05, 4.69) is 32.0 Å². The van der Waals surface area contributed by atoms with Gasteiger partial charge in [0.05, 0.1) is 0 Å². The smallest absolute Gasteiger partial charge is 0 e. The first-order valence-corrected chi connectivity index (χ1v) is 3.86. The number of hydrogen-bond donors (Lipinski definition) is 0. The Kier molecular flexibility index (Phi) is 41.5. The zero-order valence-electron chi connectivity index (χ0n) is 9.96. The van der Waals surface area contributed by atoms with Crippen LogP contribution >= 0.6 is 0 Å². The van der Waals surface area contributed by atoms with Crippen LogP contribution in [-0.4, -0.2) is 0 Å². The third-order valence-electron chi connectivity index (χ3n) is 1.71. The van der Waals surface area contributed by atoms with Gasteiger partial charge in [-0.2, -0.15) is 35.4 Å². The standard InChI is InChI=1S/C10H13.CH3.4Y/c1-3-9-6-5-7-10(4-2)8-9;;;;;/h5-6,8H,3-4H2,1-2H3;1H3;;;;/q2*-1;;;;. The molecule has 0 aliphatic carbocycles. The zero-order valence-corrected chi connectivity index (χ0v) is 21.3. The van der Waals surface area contributed by atoms with E-state index < -0.39 is 0 Å². The van der Waals surface area contributed by atoms with E-state index in [0.717, 1.165) is 12.8 Å². The Bertz CT molecular complexity index is 194. The van der Waals surface area contributed by atoms with Crippen LogP contribution in [0.15, 0.2) is 18.2 Å². The minimum Gasteiger partial charge on any atom is -0.358 e. The Morgan fingerprint density at radius 2 is 1.53 bits per heavy atom. The van der Waals surface area contributed by atoms with Crippen molar-refractivity contribution in [2.24, 2.45) is 0 Å². The van der Waals surface area contributed by atoms with E-state index in [1.807, 2.05) is 6.07 Å². The molecule has 15 heavy (non-hydrogen) atoms. The Morgan fingerprint density at radius 3 is 1.93 bits per heavy atom.